The van der Waals surface area contributed by atoms with Gasteiger partial charge in [-0.1, -0.05) is 43.6 Å². The quantitative estimate of drug-likeness (QED) is 0.808. The second-order valence-electron chi connectivity index (χ2n) is 5.91. The van der Waals surface area contributed by atoms with Gasteiger partial charge in [-0.15, -0.1) is 0 Å². The third-order valence-corrected chi connectivity index (χ3v) is 3.47. The van der Waals surface area contributed by atoms with E-state index in [-0.39, 0.29) is 11.3 Å². The van der Waals surface area contributed by atoms with Crippen molar-refractivity contribution in [2.75, 3.05) is 26.7 Å². The molecule has 0 aliphatic rings. The molecule has 3 N–H and O–H groups in total. The summed E-state index contributed by atoms with van der Waals surface area (Å²) >= 11 is 6.04. The first-order chi connectivity index (χ1) is 9.34. The molecule has 0 unspecified atom stereocenters. The average molecular weight is 298 g/mol. The number of nitrogens with one attached hydrogen (secondary N) is 1. The number of rotatable bonds is 7. The number of nitrogens with two attached hydrogens (primary N) is 1. The third kappa shape index (κ3) is 5.90. The maximum absolute atomic E-state index is 11.9. The number of halogens is 1. The maximum atomic E-state index is 11.9. The van der Waals surface area contributed by atoms with E-state index in [4.69, 9.17) is 17.3 Å². The van der Waals surface area contributed by atoms with E-state index in [1.165, 1.54) is 0 Å². The first-order valence-electron chi connectivity index (χ1n) is 6.73. The average Bonchev–Trinajstić information content (AvgIpc) is 2.37. The largest absolute Gasteiger partial charge is 0.351 e. The Morgan fingerprint density at radius 2 is 2.05 bits per heavy atom. The highest BCUT2D eigenvalue weighted by Crippen LogP contribution is 2.15. The number of nitrogens with zero attached hydrogens (tertiary/aromatic N) is 1. The molecule has 0 bridgehead atoms. The lowest BCUT2D eigenvalue weighted by Gasteiger charge is -2.28. The summed E-state index contributed by atoms with van der Waals surface area (Å²) in [6.45, 7) is 6.36. The molecule has 0 atom stereocenters. The number of amides is 1. The Morgan fingerprint density at radius 1 is 1.40 bits per heavy atom. The number of likely N-dealkylation sites (N-methyl/N-ethyl adjacent to an activating group) is 1. The fourth-order valence-electron chi connectivity index (χ4n) is 1.99. The van der Waals surface area contributed by atoms with Gasteiger partial charge in [0.1, 0.15) is 0 Å². The van der Waals surface area contributed by atoms with Gasteiger partial charge in [0.25, 0.3) is 0 Å². The Bertz CT molecular complexity index is 448. The third-order valence-electron chi connectivity index (χ3n) is 3.10. The van der Waals surface area contributed by atoms with Crippen molar-refractivity contribution in [2.24, 2.45) is 11.1 Å². The molecule has 0 heterocycles. The molecule has 0 aliphatic carbocycles. The van der Waals surface area contributed by atoms with Crippen molar-refractivity contribution in [1.29, 1.82) is 0 Å². The minimum Gasteiger partial charge on any atom is -0.351 e. The predicted octanol–water partition coefficient (Wildman–Crippen LogP) is 1.87. The molecule has 4 nitrogen and oxygen atoms in total. The molecule has 5 heteroatoms. The second-order valence-corrected chi connectivity index (χ2v) is 6.32. The maximum Gasteiger partial charge on any atom is 0.234 e. The molecule has 1 rings (SSSR count). The van der Waals surface area contributed by atoms with Crippen LogP contribution in [-0.2, 0) is 11.3 Å². The standard InChI is InChI=1S/C15H24ClN3O/c1-15(2,10-17)11-19(3)9-14(20)18-8-12-6-4-5-7-13(12)16/h4-7H,8-11,17H2,1-3H3,(H,18,20). The van der Waals surface area contributed by atoms with Gasteiger partial charge in [-0.05, 0) is 30.6 Å². The molecule has 1 aromatic rings. The zero-order valence-electron chi connectivity index (χ0n) is 12.4. The van der Waals surface area contributed by atoms with Gasteiger partial charge < -0.3 is 11.1 Å². The van der Waals surface area contributed by atoms with Crippen LogP contribution in [0.1, 0.15) is 19.4 Å². The molecule has 0 radical (unpaired) electrons. The minimum atomic E-state index is -0.0137. The summed E-state index contributed by atoms with van der Waals surface area (Å²) in [5.41, 5.74) is 6.63. The number of hydrogen-bond donors (Lipinski definition) is 2. The molecular weight excluding hydrogens is 274 g/mol. The van der Waals surface area contributed by atoms with Crippen molar-refractivity contribution in [3.63, 3.8) is 0 Å². The summed E-state index contributed by atoms with van der Waals surface area (Å²) in [5.74, 6) is -0.0137. The molecule has 0 fully saturated rings. The zero-order chi connectivity index (χ0) is 15.2. The first-order valence-corrected chi connectivity index (χ1v) is 7.10. The number of hydrogen-bond acceptors (Lipinski definition) is 3. The van der Waals surface area contributed by atoms with Crippen molar-refractivity contribution >= 4 is 17.5 Å². The van der Waals surface area contributed by atoms with Gasteiger partial charge in [0.2, 0.25) is 5.91 Å². The van der Waals surface area contributed by atoms with E-state index in [1.807, 2.05) is 36.2 Å². The van der Waals surface area contributed by atoms with Gasteiger partial charge in [0.05, 0.1) is 6.54 Å². The molecule has 0 saturated heterocycles. The fraction of sp³-hybridized carbons (Fsp3) is 0.533. The van der Waals surface area contributed by atoms with E-state index in [0.717, 1.165) is 12.1 Å². The van der Waals surface area contributed by atoms with Crippen molar-refractivity contribution < 1.29 is 4.79 Å². The Balaban J connectivity index is 2.39. The van der Waals surface area contributed by atoms with Crippen LogP contribution in [0.4, 0.5) is 0 Å². The van der Waals surface area contributed by atoms with Crippen LogP contribution in [0.25, 0.3) is 0 Å². The van der Waals surface area contributed by atoms with Gasteiger partial charge >= 0.3 is 0 Å². The van der Waals surface area contributed by atoms with Crippen molar-refractivity contribution in [2.45, 2.75) is 20.4 Å². The molecule has 20 heavy (non-hydrogen) atoms. The topological polar surface area (TPSA) is 58.4 Å². The van der Waals surface area contributed by atoms with Crippen LogP contribution in [0.15, 0.2) is 24.3 Å². The van der Waals surface area contributed by atoms with Crippen LogP contribution in [0.3, 0.4) is 0 Å². The fourth-order valence-corrected chi connectivity index (χ4v) is 2.19. The van der Waals surface area contributed by atoms with Crippen LogP contribution >= 0.6 is 11.6 Å². The van der Waals surface area contributed by atoms with Crippen LogP contribution in [0.2, 0.25) is 5.02 Å². The summed E-state index contributed by atoms with van der Waals surface area (Å²) in [6.07, 6.45) is 0. The number of benzene rings is 1. The second kappa shape index (κ2) is 7.62. The van der Waals surface area contributed by atoms with E-state index >= 15 is 0 Å². The number of carbonyl (C=O) groups excluding carboxylic acids is 1. The highest BCUT2D eigenvalue weighted by molar-refractivity contribution is 6.31. The summed E-state index contributed by atoms with van der Waals surface area (Å²) in [4.78, 5) is 13.9. The van der Waals surface area contributed by atoms with E-state index in [1.54, 1.807) is 0 Å². The smallest absolute Gasteiger partial charge is 0.234 e. The van der Waals surface area contributed by atoms with Crippen LogP contribution in [0.5, 0.6) is 0 Å². The molecule has 1 amide bonds. The predicted molar refractivity (Wildman–Crippen MR) is 83.6 cm³/mol. The Kier molecular flexibility index (Phi) is 6.46. The summed E-state index contributed by atoms with van der Waals surface area (Å²) < 4.78 is 0. The van der Waals surface area contributed by atoms with Gasteiger partial charge in [-0.3, -0.25) is 9.69 Å². The zero-order valence-corrected chi connectivity index (χ0v) is 13.2. The monoisotopic (exact) mass is 297 g/mol. The minimum absolute atomic E-state index is 0.0117. The van der Waals surface area contributed by atoms with Crippen molar-refractivity contribution in [1.82, 2.24) is 10.2 Å². The lowest BCUT2D eigenvalue weighted by Crippen LogP contribution is -2.41. The molecular formula is C15H24ClN3O. The van der Waals surface area contributed by atoms with E-state index in [0.29, 0.717) is 24.7 Å². The SMILES string of the molecule is CN(CC(=O)NCc1ccccc1Cl)CC(C)(C)CN. The Morgan fingerprint density at radius 3 is 2.65 bits per heavy atom. The van der Waals surface area contributed by atoms with Crippen LogP contribution < -0.4 is 11.1 Å². The first kappa shape index (κ1) is 17.0. The highest BCUT2D eigenvalue weighted by Gasteiger charge is 2.19. The molecule has 0 aromatic heterocycles. The van der Waals surface area contributed by atoms with Gasteiger partial charge in [-0.25, -0.2) is 0 Å². The lowest BCUT2D eigenvalue weighted by molar-refractivity contribution is -0.122. The highest BCUT2D eigenvalue weighted by atomic mass is 35.5. The van der Waals surface area contributed by atoms with Crippen molar-refractivity contribution in [3.8, 4) is 0 Å². The molecule has 0 saturated carbocycles. The van der Waals surface area contributed by atoms with Crippen LogP contribution in [0, 0.1) is 5.41 Å². The van der Waals surface area contributed by atoms with E-state index in [2.05, 4.69) is 19.2 Å². The lowest BCUT2D eigenvalue weighted by atomic mass is 9.93. The van der Waals surface area contributed by atoms with E-state index < -0.39 is 0 Å². The van der Waals surface area contributed by atoms with Gasteiger partial charge in [0.15, 0.2) is 0 Å². The van der Waals surface area contributed by atoms with E-state index in [9.17, 15) is 4.79 Å². The van der Waals surface area contributed by atoms with Crippen molar-refractivity contribution in [3.05, 3.63) is 34.9 Å². The Hall–Kier alpha value is -1.10. The summed E-state index contributed by atoms with van der Waals surface area (Å²) in [7, 11) is 1.92. The molecule has 1 aromatic carbocycles. The van der Waals surface area contributed by atoms with Gasteiger partial charge in [-0.2, -0.15) is 0 Å². The number of carbonyl (C=O) groups is 1. The Labute approximate surface area is 126 Å². The molecule has 0 spiro atoms. The molecule has 112 valence electrons. The summed E-state index contributed by atoms with van der Waals surface area (Å²) in [6, 6.07) is 7.50. The molecule has 0 aliphatic heterocycles. The van der Waals surface area contributed by atoms with Gasteiger partial charge in [0, 0.05) is 18.1 Å². The summed E-state index contributed by atoms with van der Waals surface area (Å²) in [5, 5.41) is 3.55. The van der Waals surface area contributed by atoms with Crippen LogP contribution in [-0.4, -0.2) is 37.5 Å². The normalized spacial score (nSPS) is 11.7.